The molecule has 0 saturated carbocycles. The lowest BCUT2D eigenvalue weighted by molar-refractivity contribution is -0.118. The maximum Gasteiger partial charge on any atom is 0.248 e. The maximum absolute atomic E-state index is 13.0. The summed E-state index contributed by atoms with van der Waals surface area (Å²) in [7, 11) is -3.60. The molecule has 2 aromatic carbocycles. The van der Waals surface area contributed by atoms with Crippen molar-refractivity contribution in [3.05, 3.63) is 53.1 Å². The summed E-state index contributed by atoms with van der Waals surface area (Å²) in [5, 5.41) is 0. The van der Waals surface area contributed by atoms with E-state index in [2.05, 4.69) is 10.9 Å². The van der Waals surface area contributed by atoms with Gasteiger partial charge in [0.15, 0.2) is 14.6 Å². The van der Waals surface area contributed by atoms with Crippen LogP contribution in [0.4, 0.5) is 4.39 Å². The van der Waals surface area contributed by atoms with E-state index >= 15 is 0 Å². The maximum atomic E-state index is 13.0. The topological polar surface area (TPSA) is 77.7 Å². The highest BCUT2D eigenvalue weighted by Gasteiger charge is 2.15. The van der Waals surface area contributed by atoms with E-state index in [0.29, 0.717) is 17.2 Å². The number of aromatic nitrogens is 1. The second-order valence-corrected chi connectivity index (χ2v) is 9.74. The second kappa shape index (κ2) is 9.90. The van der Waals surface area contributed by atoms with Crippen LogP contribution < -0.4 is 9.54 Å². The molecule has 31 heavy (non-hydrogen) atoms. The molecule has 0 aliphatic rings. The fourth-order valence-electron chi connectivity index (χ4n) is 2.98. The van der Waals surface area contributed by atoms with E-state index in [9.17, 15) is 17.6 Å². The summed E-state index contributed by atoms with van der Waals surface area (Å²) in [4.78, 5) is 17.0. The Labute approximate surface area is 183 Å². The highest BCUT2D eigenvalue weighted by atomic mass is 32.2. The molecule has 162 valence electrons. The summed E-state index contributed by atoms with van der Waals surface area (Å²) in [5.41, 5.74) is 0.844. The van der Waals surface area contributed by atoms with Crippen LogP contribution in [-0.2, 0) is 21.2 Å². The molecule has 0 bridgehead atoms. The van der Waals surface area contributed by atoms with Crippen LogP contribution in [0.1, 0.15) is 19.8 Å². The van der Waals surface area contributed by atoms with Gasteiger partial charge in [0.25, 0.3) is 0 Å². The zero-order chi connectivity index (χ0) is 22.4. The summed E-state index contributed by atoms with van der Waals surface area (Å²) in [5.74, 6) is 2.11. The molecule has 6 nitrogen and oxygen atoms in total. The lowest BCUT2D eigenvalue weighted by Gasteiger charge is -2.04. The van der Waals surface area contributed by atoms with Crippen molar-refractivity contribution in [2.45, 2.75) is 31.2 Å². The summed E-state index contributed by atoms with van der Waals surface area (Å²) in [6, 6.07) is 10.2. The zero-order valence-corrected chi connectivity index (χ0v) is 18.5. The van der Waals surface area contributed by atoms with E-state index in [-0.39, 0.29) is 30.0 Å². The largest absolute Gasteiger partial charge is 0.494 e. The van der Waals surface area contributed by atoms with E-state index in [1.807, 2.05) is 25.1 Å². The van der Waals surface area contributed by atoms with Crippen molar-refractivity contribution in [1.29, 1.82) is 0 Å². The lowest BCUT2D eigenvalue weighted by Crippen LogP contribution is -2.16. The average molecular weight is 461 g/mol. The molecule has 0 N–H and O–H groups in total. The number of nitrogens with zero attached hydrogens (tertiary/aromatic N) is 2. The number of rotatable bonds is 8. The predicted molar refractivity (Wildman–Crippen MR) is 118 cm³/mol. The third kappa shape index (κ3) is 5.60. The number of halogens is 1. The number of carbonyl (C=O) groups excluding carboxylic acids is 1. The molecule has 0 unspecified atom stereocenters. The van der Waals surface area contributed by atoms with E-state index in [1.54, 1.807) is 4.57 Å². The van der Waals surface area contributed by atoms with Crippen LogP contribution in [-0.4, -0.2) is 31.3 Å². The predicted octanol–water partition coefficient (Wildman–Crippen LogP) is 3.56. The quantitative estimate of drug-likeness (QED) is 0.380. The number of hydrogen-bond donors (Lipinski definition) is 0. The van der Waals surface area contributed by atoms with Gasteiger partial charge in [0.2, 0.25) is 5.91 Å². The van der Waals surface area contributed by atoms with Crippen LogP contribution in [0.5, 0.6) is 5.75 Å². The van der Waals surface area contributed by atoms with Crippen LogP contribution in [0.3, 0.4) is 0 Å². The SMILES string of the molecule is C#CCn1c(=NC(=O)CCCS(=O)(=O)c2ccc(F)cc2)sc2cc(OCC)ccc21. The van der Waals surface area contributed by atoms with Gasteiger partial charge in [0.1, 0.15) is 11.6 Å². The van der Waals surface area contributed by atoms with Crippen molar-refractivity contribution in [3.63, 3.8) is 0 Å². The zero-order valence-electron chi connectivity index (χ0n) is 16.9. The summed E-state index contributed by atoms with van der Waals surface area (Å²) < 4.78 is 45.8. The molecular weight excluding hydrogens is 439 g/mol. The summed E-state index contributed by atoms with van der Waals surface area (Å²) in [6.07, 6.45) is 5.55. The Morgan fingerprint density at radius 3 is 2.68 bits per heavy atom. The van der Waals surface area contributed by atoms with Gasteiger partial charge in [-0.25, -0.2) is 12.8 Å². The first-order chi connectivity index (χ1) is 14.8. The van der Waals surface area contributed by atoms with Crippen molar-refractivity contribution in [2.75, 3.05) is 12.4 Å². The van der Waals surface area contributed by atoms with Crippen LogP contribution in [0.2, 0.25) is 0 Å². The molecule has 0 spiro atoms. The van der Waals surface area contributed by atoms with Crippen molar-refractivity contribution < 1.29 is 22.3 Å². The van der Waals surface area contributed by atoms with Crippen LogP contribution in [0.15, 0.2) is 52.4 Å². The van der Waals surface area contributed by atoms with Gasteiger partial charge < -0.3 is 9.30 Å². The number of thiazole rings is 1. The number of benzene rings is 2. The minimum absolute atomic E-state index is 0.0276. The molecule has 0 aliphatic heterocycles. The van der Waals surface area contributed by atoms with Gasteiger partial charge in [0, 0.05) is 6.42 Å². The third-order valence-corrected chi connectivity index (χ3v) is 7.27. The van der Waals surface area contributed by atoms with Gasteiger partial charge in [0.05, 0.1) is 34.0 Å². The Bertz CT molecular complexity index is 1300. The summed E-state index contributed by atoms with van der Waals surface area (Å²) >= 11 is 1.32. The molecule has 0 atom stereocenters. The fraction of sp³-hybridized carbons (Fsp3) is 0.273. The normalized spacial score (nSPS) is 12.1. The van der Waals surface area contributed by atoms with E-state index in [0.717, 1.165) is 22.3 Å². The number of terminal acetylenes is 1. The number of amides is 1. The molecule has 1 amide bonds. The van der Waals surface area contributed by atoms with Crippen LogP contribution in [0, 0.1) is 18.2 Å². The van der Waals surface area contributed by atoms with Crippen LogP contribution >= 0.6 is 11.3 Å². The number of carbonyl (C=O) groups is 1. The van der Waals surface area contributed by atoms with Crippen molar-refractivity contribution >= 4 is 37.3 Å². The molecule has 0 aliphatic carbocycles. The van der Waals surface area contributed by atoms with Gasteiger partial charge in [-0.1, -0.05) is 17.3 Å². The first kappa shape index (κ1) is 22.7. The Kier molecular flexibility index (Phi) is 7.25. The average Bonchev–Trinajstić information content (AvgIpc) is 3.05. The molecule has 9 heteroatoms. The Morgan fingerprint density at radius 2 is 2.00 bits per heavy atom. The smallest absolute Gasteiger partial charge is 0.248 e. The molecular formula is C22H21FN2O4S2. The fourth-order valence-corrected chi connectivity index (χ4v) is 5.36. The molecule has 3 rings (SSSR count). The van der Waals surface area contributed by atoms with Crippen molar-refractivity contribution in [1.82, 2.24) is 4.57 Å². The Hall–Kier alpha value is -2.96. The third-order valence-electron chi connectivity index (χ3n) is 4.41. The van der Waals surface area contributed by atoms with Crippen molar-refractivity contribution in [2.24, 2.45) is 4.99 Å². The summed E-state index contributed by atoms with van der Waals surface area (Å²) in [6.45, 7) is 2.68. The van der Waals surface area contributed by atoms with E-state index in [1.165, 1.54) is 23.5 Å². The number of sulfone groups is 1. The van der Waals surface area contributed by atoms with Gasteiger partial charge in [-0.05, 0) is 55.8 Å². The minimum Gasteiger partial charge on any atom is -0.494 e. The highest BCUT2D eigenvalue weighted by molar-refractivity contribution is 7.91. The Morgan fingerprint density at radius 1 is 1.26 bits per heavy atom. The molecule has 3 aromatic rings. The first-order valence-electron chi connectivity index (χ1n) is 9.59. The monoisotopic (exact) mass is 460 g/mol. The Balaban J connectivity index is 1.76. The molecule has 0 fully saturated rings. The molecule has 1 heterocycles. The van der Waals surface area contributed by atoms with Gasteiger partial charge >= 0.3 is 0 Å². The highest BCUT2D eigenvalue weighted by Crippen LogP contribution is 2.23. The number of fused-ring (bicyclic) bond motifs is 1. The van der Waals surface area contributed by atoms with Gasteiger partial charge in [-0.3, -0.25) is 4.79 Å². The second-order valence-electron chi connectivity index (χ2n) is 6.62. The van der Waals surface area contributed by atoms with Gasteiger partial charge in [-0.15, -0.1) is 6.42 Å². The first-order valence-corrected chi connectivity index (χ1v) is 12.1. The lowest BCUT2D eigenvalue weighted by atomic mass is 10.3. The van der Waals surface area contributed by atoms with Gasteiger partial charge in [-0.2, -0.15) is 4.99 Å². The van der Waals surface area contributed by atoms with E-state index in [4.69, 9.17) is 11.2 Å². The van der Waals surface area contributed by atoms with E-state index < -0.39 is 21.6 Å². The molecule has 1 aromatic heterocycles. The number of ether oxygens (including phenoxy) is 1. The minimum atomic E-state index is -3.60. The van der Waals surface area contributed by atoms with Crippen LogP contribution in [0.25, 0.3) is 10.2 Å². The molecule has 0 saturated heterocycles. The standard InChI is InChI=1S/C22H21FN2O4S2/c1-3-13-25-19-12-9-17(29-4-2)15-20(19)30-22(25)24-21(26)6-5-14-31(27,28)18-10-7-16(23)8-11-18/h1,7-12,15H,4-6,13-14H2,2H3. The molecule has 0 radical (unpaired) electrons. The number of hydrogen-bond acceptors (Lipinski definition) is 5. The van der Waals surface area contributed by atoms with Crippen molar-refractivity contribution in [3.8, 4) is 18.1 Å².